The number of hydrogen-bond donors (Lipinski definition) is 6. The lowest BCUT2D eigenvalue weighted by Crippen LogP contribution is -2.22. The number of Topliss-reactive ketones (excluding diaryl/α,β-unsaturated/α-hetero) is 1. The molecule has 0 saturated heterocycles. The fourth-order valence-electron chi connectivity index (χ4n) is 7.69. The first-order chi connectivity index (χ1) is 28.2. The van der Waals surface area contributed by atoms with Gasteiger partial charge in [-0.05, 0) is 114 Å². The molecule has 2 fully saturated rings. The van der Waals surface area contributed by atoms with E-state index in [1.54, 1.807) is 12.1 Å². The zero-order chi connectivity index (χ0) is 41.7. The number of aliphatic carboxylic acids is 1. The molecule has 12 nitrogen and oxygen atoms in total. The summed E-state index contributed by atoms with van der Waals surface area (Å²) >= 11 is 0. The molecule has 6 aromatic rings. The minimum absolute atomic E-state index is 0.0726. The zero-order valence-electron chi connectivity index (χ0n) is 33.8. The summed E-state index contributed by atoms with van der Waals surface area (Å²) in [4.78, 5) is 31.0. The van der Waals surface area contributed by atoms with Gasteiger partial charge in [-0.1, -0.05) is 45.9 Å². The number of carboxylic acids is 1. The number of aliphatic hydroxyl groups is 2. The molecule has 0 bridgehead atoms. The average molecular weight is 802 g/mol. The molecule has 2 aliphatic carbocycles. The number of aromatic amines is 2. The number of carboxylic acid groups (broad SMARTS) is 1. The number of fused-ring (bicyclic) bond motifs is 4. The molecule has 0 amide bonds. The van der Waals surface area contributed by atoms with Gasteiger partial charge < -0.3 is 50.0 Å². The Labute approximate surface area is 342 Å². The van der Waals surface area contributed by atoms with Crippen molar-refractivity contribution in [3.63, 3.8) is 0 Å². The highest BCUT2D eigenvalue weighted by Crippen LogP contribution is 2.52. The molecular formula is C47H51N3O9. The monoisotopic (exact) mass is 801 g/mol. The van der Waals surface area contributed by atoms with E-state index in [1.165, 1.54) is 0 Å². The van der Waals surface area contributed by atoms with E-state index < -0.39 is 16.8 Å². The highest BCUT2D eigenvalue weighted by Gasteiger charge is 2.52. The van der Waals surface area contributed by atoms with Crippen molar-refractivity contribution >= 4 is 39.2 Å². The van der Waals surface area contributed by atoms with Crippen molar-refractivity contribution in [1.82, 2.24) is 9.97 Å². The van der Waals surface area contributed by atoms with Crippen molar-refractivity contribution in [3.05, 3.63) is 113 Å². The lowest BCUT2D eigenvalue weighted by molar-refractivity contribution is -0.140. The fraction of sp³-hybridized carbons (Fsp3) is 0.362. The summed E-state index contributed by atoms with van der Waals surface area (Å²) in [6, 6.07) is 27.2. The number of benzene rings is 4. The van der Waals surface area contributed by atoms with Gasteiger partial charge in [0.05, 0.1) is 24.0 Å². The summed E-state index contributed by atoms with van der Waals surface area (Å²) in [5.74, 6) is 2.33. The molecule has 4 aromatic carbocycles. The second-order valence-corrected chi connectivity index (χ2v) is 17.4. The number of aromatic nitrogens is 2. The van der Waals surface area contributed by atoms with E-state index in [0.29, 0.717) is 30.8 Å². The highest BCUT2D eigenvalue weighted by molar-refractivity contribution is 5.95. The van der Waals surface area contributed by atoms with Crippen molar-refractivity contribution < 1.29 is 43.9 Å². The van der Waals surface area contributed by atoms with Crippen LogP contribution in [0.15, 0.2) is 84.9 Å². The van der Waals surface area contributed by atoms with E-state index in [9.17, 15) is 19.8 Å². The van der Waals surface area contributed by atoms with Gasteiger partial charge >= 0.3 is 5.97 Å². The number of hydrogen-bond acceptors (Lipinski definition) is 9. The van der Waals surface area contributed by atoms with Gasteiger partial charge in [-0.3, -0.25) is 9.59 Å². The molecule has 4 aliphatic rings. The number of rotatable bonds is 10. The van der Waals surface area contributed by atoms with Gasteiger partial charge in [0, 0.05) is 50.7 Å². The van der Waals surface area contributed by atoms with Crippen molar-refractivity contribution in [3.8, 4) is 23.0 Å². The number of H-pyrrole nitrogens is 2. The van der Waals surface area contributed by atoms with Crippen LogP contribution in [0.3, 0.4) is 0 Å². The van der Waals surface area contributed by atoms with E-state index in [4.69, 9.17) is 29.8 Å². The third-order valence-corrected chi connectivity index (χ3v) is 12.2. The fourth-order valence-corrected chi connectivity index (χ4v) is 7.69. The van der Waals surface area contributed by atoms with Gasteiger partial charge in [-0.25, -0.2) is 0 Å². The van der Waals surface area contributed by atoms with Gasteiger partial charge in [0.25, 0.3) is 0 Å². The molecule has 2 saturated carbocycles. The van der Waals surface area contributed by atoms with E-state index in [2.05, 4.69) is 22.1 Å². The molecule has 0 spiro atoms. The molecule has 12 heteroatoms. The lowest BCUT2D eigenvalue weighted by atomic mass is 9.87. The maximum atomic E-state index is 13.2. The lowest BCUT2D eigenvalue weighted by Gasteiger charge is -2.19. The Balaban J connectivity index is 0.000000136. The number of ether oxygens (including phenoxy) is 4. The number of ketones is 1. The summed E-state index contributed by atoms with van der Waals surface area (Å²) in [6.45, 7) is 8.67. The van der Waals surface area contributed by atoms with Crippen LogP contribution in [0.4, 0.5) is 5.69 Å². The Hall–Kier alpha value is -5.98. The van der Waals surface area contributed by atoms with Crippen LogP contribution in [-0.4, -0.2) is 63.8 Å². The molecule has 2 aromatic heterocycles. The topological polar surface area (TPSA) is 189 Å². The van der Waals surface area contributed by atoms with Crippen LogP contribution in [0.5, 0.6) is 23.0 Å². The van der Waals surface area contributed by atoms with Crippen LogP contribution in [0, 0.1) is 0 Å². The standard InChI is InChI=1S/C24H25NO4.C12H16N2O.C11H10O4/c1-23(2,13-26)21-11-16-9-15(3-5-18(16)25-21)10-22(27)24(7-8-24)17-4-6-19-20(12-17)29-14-28-19;1-12(2,7-15)11-6-8-5-9(13)3-4-10(8)14-11;12-10(13)11(3-4-11)7-1-2-8-9(5-7)15-6-14-8/h3-6,9,11-12,25-26H,7-8,10,13-14H2,1-2H3;3-6,14-15H,7,13H2,1-2H3;1-2,5H,3-4,6H2,(H,12,13). The zero-order valence-corrected chi connectivity index (χ0v) is 33.8. The smallest absolute Gasteiger partial charge is 0.314 e. The van der Waals surface area contributed by atoms with E-state index in [0.717, 1.165) is 79.9 Å². The number of anilines is 1. The Morgan fingerprint density at radius 2 is 1.10 bits per heavy atom. The summed E-state index contributed by atoms with van der Waals surface area (Å²) in [7, 11) is 0. The number of carbonyl (C=O) groups is 2. The molecule has 2 aliphatic heterocycles. The van der Waals surface area contributed by atoms with Gasteiger partial charge in [-0.15, -0.1) is 0 Å². The van der Waals surface area contributed by atoms with Crippen LogP contribution in [0.1, 0.15) is 81.5 Å². The molecule has 0 unspecified atom stereocenters. The predicted molar refractivity (Wildman–Crippen MR) is 225 cm³/mol. The Bertz CT molecular complexity index is 2560. The van der Waals surface area contributed by atoms with E-state index in [-0.39, 0.29) is 43.4 Å². The number of nitrogens with one attached hydrogen (secondary N) is 2. The van der Waals surface area contributed by atoms with E-state index in [1.807, 2.05) is 88.4 Å². The average Bonchev–Trinajstić information content (AvgIpc) is 3.93. The number of carbonyl (C=O) groups excluding carboxylic acids is 1. The van der Waals surface area contributed by atoms with Crippen LogP contribution >= 0.6 is 0 Å². The molecule has 0 radical (unpaired) electrons. The maximum Gasteiger partial charge on any atom is 0.314 e. The normalized spacial score (nSPS) is 16.5. The minimum Gasteiger partial charge on any atom is -0.481 e. The number of nitrogens with two attached hydrogens (primary N) is 1. The number of nitrogen functional groups attached to an aromatic ring is 1. The molecule has 7 N–H and O–H groups in total. The van der Waals surface area contributed by atoms with Gasteiger partial charge in [0.2, 0.25) is 13.6 Å². The quantitative estimate of drug-likeness (QED) is 0.0755. The Morgan fingerprint density at radius 1 is 0.627 bits per heavy atom. The molecular weight excluding hydrogens is 751 g/mol. The third-order valence-electron chi connectivity index (χ3n) is 12.2. The number of aliphatic hydroxyl groups excluding tert-OH is 2. The second-order valence-electron chi connectivity index (χ2n) is 17.4. The molecule has 10 rings (SSSR count). The molecule has 59 heavy (non-hydrogen) atoms. The van der Waals surface area contributed by atoms with Gasteiger partial charge in [0.15, 0.2) is 23.0 Å². The predicted octanol–water partition coefficient (Wildman–Crippen LogP) is 7.56. The molecule has 308 valence electrons. The molecule has 0 atom stereocenters. The molecule has 4 heterocycles. The summed E-state index contributed by atoms with van der Waals surface area (Å²) < 4.78 is 21.3. The summed E-state index contributed by atoms with van der Waals surface area (Å²) in [5, 5.41) is 30.2. The van der Waals surface area contributed by atoms with Crippen molar-refractivity contribution in [1.29, 1.82) is 0 Å². The SMILES string of the molecule is CC(C)(CO)c1cc2cc(CC(=O)C3(c4ccc5c(c4)OCO5)CC3)ccc2[nH]1.CC(C)(CO)c1cc2cc(N)ccc2[nH]1.O=C(O)C1(c2ccc3c(c2)OCO3)CC1. The van der Waals surface area contributed by atoms with Crippen molar-refractivity contribution in [2.24, 2.45) is 0 Å². The van der Waals surface area contributed by atoms with Crippen LogP contribution in [0.2, 0.25) is 0 Å². The van der Waals surface area contributed by atoms with Gasteiger partial charge in [-0.2, -0.15) is 0 Å². The largest absolute Gasteiger partial charge is 0.481 e. The van der Waals surface area contributed by atoms with E-state index >= 15 is 0 Å². The minimum atomic E-state index is -0.749. The highest BCUT2D eigenvalue weighted by atomic mass is 16.7. The summed E-state index contributed by atoms with van der Waals surface area (Å²) in [6.07, 6.45) is 3.59. The Morgan fingerprint density at radius 3 is 1.59 bits per heavy atom. The van der Waals surface area contributed by atoms with Gasteiger partial charge in [0.1, 0.15) is 5.78 Å². The first-order valence-corrected chi connectivity index (χ1v) is 20.0. The first-order valence-electron chi connectivity index (χ1n) is 20.0. The van der Waals surface area contributed by atoms with Crippen LogP contribution in [0.25, 0.3) is 21.8 Å². The first kappa shape index (κ1) is 39.8. The summed E-state index contributed by atoms with van der Waals surface area (Å²) in [5.41, 5.74) is 11.8. The van der Waals surface area contributed by atoms with Crippen molar-refractivity contribution in [2.45, 2.75) is 81.5 Å². The van der Waals surface area contributed by atoms with Crippen molar-refractivity contribution in [2.75, 3.05) is 32.5 Å². The van der Waals surface area contributed by atoms with Crippen LogP contribution < -0.4 is 24.7 Å². The Kier molecular flexibility index (Phi) is 10.1. The third kappa shape index (κ3) is 7.70. The maximum absolute atomic E-state index is 13.2. The van der Waals surface area contributed by atoms with Crippen LogP contribution in [-0.2, 0) is 37.7 Å². The second kappa shape index (κ2) is 15.0.